The summed E-state index contributed by atoms with van der Waals surface area (Å²) in [6, 6.07) is 5.05. The second kappa shape index (κ2) is 6.13. The second-order valence-corrected chi connectivity index (χ2v) is 4.23. The Morgan fingerprint density at radius 1 is 1.35 bits per heavy atom. The van der Waals surface area contributed by atoms with Crippen molar-refractivity contribution in [3.8, 4) is 0 Å². The minimum absolute atomic E-state index is 0.435. The summed E-state index contributed by atoms with van der Waals surface area (Å²) < 4.78 is 0. The molecule has 4 heteroatoms. The van der Waals surface area contributed by atoms with Crippen molar-refractivity contribution >= 4 is 17.3 Å². The van der Waals surface area contributed by atoms with E-state index in [1.807, 2.05) is 0 Å². The van der Waals surface area contributed by atoms with Crippen molar-refractivity contribution in [1.29, 1.82) is 0 Å². The number of nitrogens with two attached hydrogens (primary N) is 2. The molecule has 0 aliphatic heterocycles. The zero-order valence-electron chi connectivity index (χ0n) is 10.5. The van der Waals surface area contributed by atoms with Gasteiger partial charge in [-0.15, -0.1) is 0 Å². The number of hydrogen-bond donors (Lipinski definition) is 3. The molecule has 1 aromatic rings. The van der Waals surface area contributed by atoms with Crippen LogP contribution in [0.1, 0.15) is 37.0 Å². The lowest BCUT2D eigenvalue weighted by Gasteiger charge is -2.16. The van der Waals surface area contributed by atoms with Crippen molar-refractivity contribution in [2.75, 3.05) is 17.6 Å². The van der Waals surface area contributed by atoms with Crippen LogP contribution in [0, 0.1) is 5.92 Å². The molecule has 0 spiro atoms. The van der Waals surface area contributed by atoms with E-state index in [0.29, 0.717) is 17.2 Å². The predicted molar refractivity (Wildman–Crippen MR) is 71.9 cm³/mol. The van der Waals surface area contributed by atoms with Gasteiger partial charge in [0.05, 0.1) is 11.4 Å². The molecule has 17 heavy (non-hydrogen) atoms. The average molecular weight is 235 g/mol. The van der Waals surface area contributed by atoms with Gasteiger partial charge in [0.15, 0.2) is 0 Å². The van der Waals surface area contributed by atoms with E-state index < -0.39 is 5.91 Å². The van der Waals surface area contributed by atoms with E-state index in [1.54, 1.807) is 18.2 Å². The van der Waals surface area contributed by atoms with Gasteiger partial charge in [0.25, 0.3) is 0 Å². The van der Waals surface area contributed by atoms with Crippen molar-refractivity contribution in [1.82, 2.24) is 0 Å². The first-order valence-corrected chi connectivity index (χ1v) is 6.01. The molecule has 0 atom stereocenters. The fraction of sp³-hybridized carbons (Fsp3) is 0.462. The standard InChI is InChI=1S/C13H21N3O/c1-3-9(4-2)8-16-12-7-10(13(15)17)5-6-11(12)14/h5-7,9,16H,3-4,8,14H2,1-2H3,(H2,15,17). The number of benzene rings is 1. The molecule has 94 valence electrons. The van der Waals surface area contributed by atoms with Crippen LogP contribution < -0.4 is 16.8 Å². The zero-order valence-corrected chi connectivity index (χ0v) is 10.5. The molecule has 0 aliphatic rings. The third-order valence-corrected chi connectivity index (χ3v) is 3.07. The molecule has 1 aromatic carbocycles. The Hall–Kier alpha value is -1.71. The molecule has 4 nitrogen and oxygen atoms in total. The van der Waals surface area contributed by atoms with E-state index in [-0.39, 0.29) is 0 Å². The Balaban J connectivity index is 2.75. The molecule has 0 saturated heterocycles. The minimum Gasteiger partial charge on any atom is -0.397 e. The molecule has 1 rings (SSSR count). The lowest BCUT2D eigenvalue weighted by molar-refractivity contribution is 0.100. The second-order valence-electron chi connectivity index (χ2n) is 4.23. The number of hydrogen-bond acceptors (Lipinski definition) is 3. The number of nitrogens with one attached hydrogen (secondary N) is 1. The SMILES string of the molecule is CCC(CC)CNc1cc(C(N)=O)ccc1N. The molecular formula is C13H21N3O. The third-order valence-electron chi connectivity index (χ3n) is 3.07. The van der Waals surface area contributed by atoms with E-state index in [0.717, 1.165) is 25.1 Å². The van der Waals surface area contributed by atoms with Crippen molar-refractivity contribution in [3.05, 3.63) is 23.8 Å². The lowest BCUT2D eigenvalue weighted by atomic mass is 10.0. The van der Waals surface area contributed by atoms with Crippen molar-refractivity contribution in [3.63, 3.8) is 0 Å². The number of nitrogen functional groups attached to an aromatic ring is 1. The van der Waals surface area contributed by atoms with E-state index >= 15 is 0 Å². The first-order valence-electron chi connectivity index (χ1n) is 6.01. The first kappa shape index (κ1) is 13.4. The Morgan fingerprint density at radius 2 is 2.00 bits per heavy atom. The number of carbonyl (C=O) groups excluding carboxylic acids is 1. The van der Waals surface area contributed by atoms with Gasteiger partial charge in [0, 0.05) is 12.1 Å². The lowest BCUT2D eigenvalue weighted by Crippen LogP contribution is -2.15. The van der Waals surface area contributed by atoms with Crippen LogP contribution >= 0.6 is 0 Å². The smallest absolute Gasteiger partial charge is 0.248 e. The van der Waals surface area contributed by atoms with Gasteiger partial charge in [-0.2, -0.15) is 0 Å². The van der Waals surface area contributed by atoms with Crippen LogP contribution in [0.25, 0.3) is 0 Å². The molecule has 0 unspecified atom stereocenters. The number of amides is 1. The topological polar surface area (TPSA) is 81.1 Å². The Labute approximate surface area is 102 Å². The minimum atomic E-state index is -0.435. The monoisotopic (exact) mass is 235 g/mol. The van der Waals surface area contributed by atoms with Crippen molar-refractivity contribution in [2.24, 2.45) is 11.7 Å². The van der Waals surface area contributed by atoms with Crippen molar-refractivity contribution in [2.45, 2.75) is 26.7 Å². The summed E-state index contributed by atoms with van der Waals surface area (Å²) in [7, 11) is 0. The van der Waals surface area contributed by atoms with Crippen LogP contribution in [0.15, 0.2) is 18.2 Å². The average Bonchev–Trinajstić information content (AvgIpc) is 2.32. The molecule has 0 aromatic heterocycles. The van der Waals surface area contributed by atoms with E-state index in [4.69, 9.17) is 11.5 Å². The third kappa shape index (κ3) is 3.66. The van der Waals surface area contributed by atoms with Crippen LogP contribution in [0.5, 0.6) is 0 Å². The molecule has 0 saturated carbocycles. The van der Waals surface area contributed by atoms with Gasteiger partial charge in [0.1, 0.15) is 0 Å². The first-order chi connectivity index (χ1) is 8.08. The predicted octanol–water partition coefficient (Wildman–Crippen LogP) is 2.22. The fourth-order valence-corrected chi connectivity index (χ4v) is 1.69. The highest BCUT2D eigenvalue weighted by Gasteiger charge is 2.07. The molecule has 0 radical (unpaired) electrons. The number of carbonyl (C=O) groups is 1. The maximum atomic E-state index is 11.1. The Bertz CT molecular complexity index is 386. The van der Waals surface area contributed by atoms with E-state index in [2.05, 4.69) is 19.2 Å². The van der Waals surface area contributed by atoms with Crippen LogP contribution in [0.3, 0.4) is 0 Å². The molecule has 0 bridgehead atoms. The maximum absolute atomic E-state index is 11.1. The summed E-state index contributed by atoms with van der Waals surface area (Å²) in [6.07, 6.45) is 2.25. The van der Waals surface area contributed by atoms with Crippen LogP contribution in [0.4, 0.5) is 11.4 Å². The van der Waals surface area contributed by atoms with Gasteiger partial charge in [-0.3, -0.25) is 4.79 Å². The number of anilines is 2. The molecular weight excluding hydrogens is 214 g/mol. The highest BCUT2D eigenvalue weighted by molar-refractivity contribution is 5.94. The van der Waals surface area contributed by atoms with E-state index in [9.17, 15) is 4.79 Å². The summed E-state index contributed by atoms with van der Waals surface area (Å²) in [5, 5.41) is 3.28. The fourth-order valence-electron chi connectivity index (χ4n) is 1.69. The molecule has 0 aliphatic carbocycles. The van der Waals surface area contributed by atoms with Gasteiger partial charge >= 0.3 is 0 Å². The van der Waals surface area contributed by atoms with Crippen molar-refractivity contribution < 1.29 is 4.79 Å². The van der Waals surface area contributed by atoms with Crippen LogP contribution in [0.2, 0.25) is 0 Å². The zero-order chi connectivity index (χ0) is 12.8. The van der Waals surface area contributed by atoms with Crippen LogP contribution in [-0.2, 0) is 0 Å². The normalized spacial score (nSPS) is 10.5. The van der Waals surface area contributed by atoms with Gasteiger partial charge in [0.2, 0.25) is 5.91 Å². The number of primary amides is 1. The molecule has 5 N–H and O–H groups in total. The maximum Gasteiger partial charge on any atom is 0.248 e. The highest BCUT2D eigenvalue weighted by atomic mass is 16.1. The summed E-state index contributed by atoms with van der Waals surface area (Å²) in [5.41, 5.74) is 13.0. The Kier molecular flexibility index (Phi) is 4.82. The van der Waals surface area contributed by atoms with E-state index in [1.165, 1.54) is 0 Å². The highest BCUT2D eigenvalue weighted by Crippen LogP contribution is 2.21. The summed E-state index contributed by atoms with van der Waals surface area (Å²) in [4.78, 5) is 11.1. The van der Waals surface area contributed by atoms with Gasteiger partial charge < -0.3 is 16.8 Å². The summed E-state index contributed by atoms with van der Waals surface area (Å²) >= 11 is 0. The number of rotatable bonds is 6. The summed E-state index contributed by atoms with van der Waals surface area (Å²) in [5.74, 6) is 0.183. The quantitative estimate of drug-likeness (QED) is 0.661. The molecule has 0 heterocycles. The Morgan fingerprint density at radius 3 is 2.53 bits per heavy atom. The largest absolute Gasteiger partial charge is 0.397 e. The van der Waals surface area contributed by atoms with Gasteiger partial charge in [-0.25, -0.2) is 0 Å². The van der Waals surface area contributed by atoms with Gasteiger partial charge in [-0.05, 0) is 24.1 Å². The summed E-state index contributed by atoms with van der Waals surface area (Å²) in [6.45, 7) is 5.19. The van der Waals surface area contributed by atoms with Crippen LogP contribution in [-0.4, -0.2) is 12.5 Å². The molecule has 0 fully saturated rings. The van der Waals surface area contributed by atoms with Gasteiger partial charge in [-0.1, -0.05) is 26.7 Å². The molecule has 1 amide bonds.